The third-order valence-electron chi connectivity index (χ3n) is 4.55. The minimum Gasteiger partial charge on any atom is -0.384 e. The zero-order chi connectivity index (χ0) is 13.1. The Bertz CT molecular complexity index is 421. The van der Waals surface area contributed by atoms with Crippen LogP contribution in [0, 0.1) is 5.92 Å². The van der Waals surface area contributed by atoms with E-state index in [4.69, 9.17) is 4.74 Å². The molecular formula is C16H24N2O. The molecule has 1 fully saturated rings. The lowest BCUT2D eigenvalue weighted by Crippen LogP contribution is -2.28. The molecule has 2 aliphatic rings. The molecule has 0 radical (unpaired) electrons. The minimum absolute atomic E-state index is 0.432. The van der Waals surface area contributed by atoms with Gasteiger partial charge in [-0.05, 0) is 43.9 Å². The van der Waals surface area contributed by atoms with Gasteiger partial charge in [0.15, 0.2) is 0 Å². The fourth-order valence-electron chi connectivity index (χ4n) is 3.22. The van der Waals surface area contributed by atoms with Gasteiger partial charge in [-0.1, -0.05) is 18.2 Å². The molecule has 3 rings (SSSR count). The van der Waals surface area contributed by atoms with E-state index in [-0.39, 0.29) is 0 Å². The molecule has 2 aliphatic heterocycles. The molecule has 0 bridgehead atoms. The lowest BCUT2D eigenvalue weighted by molar-refractivity contribution is 0.105. The van der Waals surface area contributed by atoms with Gasteiger partial charge >= 0.3 is 0 Å². The first kappa shape index (κ1) is 12.9. The van der Waals surface area contributed by atoms with Crippen molar-refractivity contribution in [2.45, 2.75) is 31.8 Å². The molecule has 3 unspecified atom stereocenters. The van der Waals surface area contributed by atoms with Crippen LogP contribution in [0.1, 0.15) is 31.2 Å². The van der Waals surface area contributed by atoms with Crippen molar-refractivity contribution in [3.8, 4) is 0 Å². The van der Waals surface area contributed by atoms with E-state index in [1.54, 1.807) is 0 Å². The van der Waals surface area contributed by atoms with Crippen molar-refractivity contribution < 1.29 is 4.74 Å². The Kier molecular flexibility index (Phi) is 4.04. The van der Waals surface area contributed by atoms with Crippen molar-refractivity contribution in [1.82, 2.24) is 5.32 Å². The van der Waals surface area contributed by atoms with E-state index in [9.17, 15) is 0 Å². The second-order valence-electron chi connectivity index (χ2n) is 5.78. The maximum Gasteiger partial charge on any atom is 0.0588 e. The Hall–Kier alpha value is -1.06. The van der Waals surface area contributed by atoms with Crippen LogP contribution < -0.4 is 10.6 Å². The lowest BCUT2D eigenvalue weighted by atomic mass is 9.97. The van der Waals surface area contributed by atoms with Gasteiger partial charge < -0.3 is 15.4 Å². The standard InChI is InChI=1S/C16H24N2O/c1-12-13(7-9-19-12)10-17-8-6-14-11-18-16-5-3-2-4-15(14)16/h2-5,12-14,17-18H,6-11H2,1H3. The number of anilines is 1. The Balaban J connectivity index is 1.41. The molecule has 1 aromatic carbocycles. The number of benzene rings is 1. The molecule has 0 saturated carbocycles. The van der Waals surface area contributed by atoms with Crippen LogP contribution in [0.3, 0.4) is 0 Å². The average molecular weight is 260 g/mol. The number of para-hydroxylation sites is 1. The highest BCUT2D eigenvalue weighted by atomic mass is 16.5. The summed E-state index contributed by atoms with van der Waals surface area (Å²) in [5.41, 5.74) is 2.81. The Morgan fingerprint density at radius 1 is 1.37 bits per heavy atom. The van der Waals surface area contributed by atoms with E-state index < -0.39 is 0 Å². The average Bonchev–Trinajstić information content (AvgIpc) is 3.02. The van der Waals surface area contributed by atoms with Gasteiger partial charge in [0.05, 0.1) is 6.10 Å². The summed E-state index contributed by atoms with van der Waals surface area (Å²) in [4.78, 5) is 0. The van der Waals surface area contributed by atoms with Gasteiger partial charge in [0.25, 0.3) is 0 Å². The summed E-state index contributed by atoms with van der Waals surface area (Å²) in [6, 6.07) is 8.69. The molecule has 2 heterocycles. The summed E-state index contributed by atoms with van der Waals surface area (Å²) < 4.78 is 5.59. The molecular weight excluding hydrogens is 236 g/mol. The first-order chi connectivity index (χ1) is 9.34. The molecule has 3 nitrogen and oxygen atoms in total. The number of fused-ring (bicyclic) bond motifs is 1. The zero-order valence-corrected chi connectivity index (χ0v) is 11.7. The van der Waals surface area contributed by atoms with Crippen LogP contribution in [-0.4, -0.2) is 32.3 Å². The van der Waals surface area contributed by atoms with Crippen molar-refractivity contribution in [2.75, 3.05) is 31.6 Å². The van der Waals surface area contributed by atoms with Gasteiger partial charge in [0.1, 0.15) is 0 Å². The normalized spacial score (nSPS) is 29.2. The molecule has 0 aromatic heterocycles. The minimum atomic E-state index is 0.432. The number of rotatable bonds is 5. The number of hydrogen-bond donors (Lipinski definition) is 2. The van der Waals surface area contributed by atoms with Crippen molar-refractivity contribution >= 4 is 5.69 Å². The van der Waals surface area contributed by atoms with Gasteiger partial charge in [-0.2, -0.15) is 0 Å². The van der Waals surface area contributed by atoms with E-state index in [2.05, 4.69) is 41.8 Å². The second kappa shape index (κ2) is 5.93. The highest BCUT2D eigenvalue weighted by Gasteiger charge is 2.24. The van der Waals surface area contributed by atoms with Crippen molar-refractivity contribution in [2.24, 2.45) is 5.92 Å². The molecule has 104 valence electrons. The first-order valence-electron chi connectivity index (χ1n) is 7.49. The predicted octanol–water partition coefficient (Wildman–Crippen LogP) is 2.60. The fraction of sp³-hybridized carbons (Fsp3) is 0.625. The van der Waals surface area contributed by atoms with Crippen LogP contribution in [0.2, 0.25) is 0 Å². The largest absolute Gasteiger partial charge is 0.384 e. The summed E-state index contributed by atoms with van der Waals surface area (Å²) in [6.45, 7) is 6.42. The van der Waals surface area contributed by atoms with E-state index >= 15 is 0 Å². The Labute approximate surface area is 115 Å². The molecule has 3 heteroatoms. The number of hydrogen-bond acceptors (Lipinski definition) is 3. The summed E-state index contributed by atoms with van der Waals surface area (Å²) in [7, 11) is 0. The monoisotopic (exact) mass is 260 g/mol. The summed E-state index contributed by atoms with van der Waals surface area (Å²) in [5, 5.41) is 7.10. The predicted molar refractivity (Wildman–Crippen MR) is 78.7 cm³/mol. The van der Waals surface area contributed by atoms with Crippen molar-refractivity contribution in [1.29, 1.82) is 0 Å². The highest BCUT2D eigenvalue weighted by Crippen LogP contribution is 2.32. The smallest absolute Gasteiger partial charge is 0.0588 e. The summed E-state index contributed by atoms with van der Waals surface area (Å²) in [5.74, 6) is 1.37. The first-order valence-corrected chi connectivity index (χ1v) is 7.49. The van der Waals surface area contributed by atoms with Crippen molar-refractivity contribution in [3.63, 3.8) is 0 Å². The van der Waals surface area contributed by atoms with Gasteiger partial charge in [-0.3, -0.25) is 0 Å². The van der Waals surface area contributed by atoms with Gasteiger partial charge in [-0.25, -0.2) is 0 Å². The van der Waals surface area contributed by atoms with Gasteiger partial charge in [0, 0.05) is 31.3 Å². The van der Waals surface area contributed by atoms with Crippen molar-refractivity contribution in [3.05, 3.63) is 29.8 Å². The SMILES string of the molecule is CC1OCCC1CNCCC1CNc2ccccc21. The molecule has 0 aliphatic carbocycles. The molecule has 3 atom stereocenters. The van der Waals surface area contributed by atoms with E-state index in [1.807, 2.05) is 0 Å². The van der Waals surface area contributed by atoms with Crippen LogP contribution in [0.4, 0.5) is 5.69 Å². The van der Waals surface area contributed by atoms with E-state index in [0.717, 1.165) is 26.2 Å². The van der Waals surface area contributed by atoms with Crippen LogP contribution in [0.25, 0.3) is 0 Å². The molecule has 19 heavy (non-hydrogen) atoms. The van der Waals surface area contributed by atoms with Crippen LogP contribution >= 0.6 is 0 Å². The van der Waals surface area contributed by atoms with Gasteiger partial charge in [-0.15, -0.1) is 0 Å². The van der Waals surface area contributed by atoms with Crippen LogP contribution in [0.15, 0.2) is 24.3 Å². The second-order valence-corrected chi connectivity index (χ2v) is 5.78. The summed E-state index contributed by atoms with van der Waals surface area (Å²) in [6.07, 6.45) is 2.86. The topological polar surface area (TPSA) is 33.3 Å². The Morgan fingerprint density at radius 3 is 3.11 bits per heavy atom. The number of nitrogens with one attached hydrogen (secondary N) is 2. The molecule has 0 spiro atoms. The zero-order valence-electron chi connectivity index (χ0n) is 11.7. The third kappa shape index (κ3) is 2.93. The molecule has 2 N–H and O–H groups in total. The summed E-state index contributed by atoms with van der Waals surface area (Å²) >= 11 is 0. The molecule has 1 saturated heterocycles. The van der Waals surface area contributed by atoms with Crippen LogP contribution in [0.5, 0.6) is 0 Å². The third-order valence-corrected chi connectivity index (χ3v) is 4.55. The maximum absolute atomic E-state index is 5.59. The Morgan fingerprint density at radius 2 is 2.26 bits per heavy atom. The maximum atomic E-state index is 5.59. The van der Waals surface area contributed by atoms with Crippen LogP contribution in [-0.2, 0) is 4.74 Å². The van der Waals surface area contributed by atoms with E-state index in [1.165, 1.54) is 24.1 Å². The fourth-order valence-corrected chi connectivity index (χ4v) is 3.22. The molecule has 1 aromatic rings. The molecule has 0 amide bonds. The lowest BCUT2D eigenvalue weighted by Gasteiger charge is -2.16. The van der Waals surface area contributed by atoms with Gasteiger partial charge in [0.2, 0.25) is 0 Å². The van der Waals surface area contributed by atoms with E-state index in [0.29, 0.717) is 17.9 Å². The number of ether oxygens (including phenoxy) is 1. The quantitative estimate of drug-likeness (QED) is 0.798. The highest BCUT2D eigenvalue weighted by molar-refractivity contribution is 5.57.